The van der Waals surface area contributed by atoms with E-state index in [1.54, 1.807) is 6.33 Å². The molecule has 112 valence electrons. The molecule has 0 bridgehead atoms. The van der Waals surface area contributed by atoms with Crippen LogP contribution in [0.2, 0.25) is 0 Å². The molecule has 0 aromatic carbocycles. The van der Waals surface area contributed by atoms with Crippen molar-refractivity contribution in [1.29, 1.82) is 0 Å². The van der Waals surface area contributed by atoms with Gasteiger partial charge in [-0.05, 0) is 32.6 Å². The van der Waals surface area contributed by atoms with Crippen LogP contribution in [0.15, 0.2) is 11.5 Å². The number of rotatable bonds is 6. The molecule has 1 aliphatic heterocycles. The minimum atomic E-state index is 0.147. The van der Waals surface area contributed by atoms with Crippen molar-refractivity contribution in [2.45, 2.75) is 37.9 Å². The quantitative estimate of drug-likeness (QED) is 0.799. The van der Waals surface area contributed by atoms with Crippen molar-refractivity contribution in [3.05, 3.63) is 6.33 Å². The third kappa shape index (κ3) is 3.73. The summed E-state index contributed by atoms with van der Waals surface area (Å²) in [6.07, 6.45) is 3.49. The Morgan fingerprint density at radius 3 is 3.10 bits per heavy atom. The van der Waals surface area contributed by atoms with Gasteiger partial charge in [-0.15, -0.1) is 10.2 Å². The summed E-state index contributed by atoms with van der Waals surface area (Å²) in [5.41, 5.74) is 0. The standard InChI is InChI=1S/C13H22N4O2S/c1-10(2)17-9-14-15-13(17)20-8-12(19)16-5-3-11(7-16)4-6-18/h9-11,18H,3-8H2,1-2H3. The molecule has 2 rings (SSSR count). The molecule has 1 unspecified atom stereocenters. The maximum absolute atomic E-state index is 12.2. The molecule has 6 nitrogen and oxygen atoms in total. The highest BCUT2D eigenvalue weighted by atomic mass is 32.2. The Hall–Kier alpha value is -1.08. The second kappa shape index (κ2) is 7.08. The summed E-state index contributed by atoms with van der Waals surface area (Å²) in [4.78, 5) is 14.0. The highest BCUT2D eigenvalue weighted by Crippen LogP contribution is 2.23. The zero-order chi connectivity index (χ0) is 14.5. The van der Waals surface area contributed by atoms with Crippen molar-refractivity contribution in [3.8, 4) is 0 Å². The minimum absolute atomic E-state index is 0.147. The molecule has 0 aliphatic carbocycles. The van der Waals surface area contributed by atoms with Gasteiger partial charge < -0.3 is 14.6 Å². The predicted octanol–water partition coefficient (Wildman–Crippen LogP) is 1.18. The van der Waals surface area contributed by atoms with E-state index in [-0.39, 0.29) is 12.5 Å². The van der Waals surface area contributed by atoms with Crippen molar-refractivity contribution >= 4 is 17.7 Å². The van der Waals surface area contributed by atoms with Gasteiger partial charge in [0, 0.05) is 25.7 Å². The zero-order valence-corrected chi connectivity index (χ0v) is 12.8. The molecule has 1 aromatic rings. The Morgan fingerprint density at radius 1 is 1.60 bits per heavy atom. The smallest absolute Gasteiger partial charge is 0.233 e. The van der Waals surface area contributed by atoms with Crippen LogP contribution in [0.3, 0.4) is 0 Å². The number of carbonyl (C=O) groups is 1. The summed E-state index contributed by atoms with van der Waals surface area (Å²) in [5, 5.41) is 17.7. The Bertz CT molecular complexity index is 449. The lowest BCUT2D eigenvalue weighted by atomic mass is 10.1. The third-order valence-corrected chi connectivity index (χ3v) is 4.54. The summed E-state index contributed by atoms with van der Waals surface area (Å²) in [7, 11) is 0. The first-order valence-electron chi connectivity index (χ1n) is 7.02. The molecule has 0 radical (unpaired) electrons. The second-order valence-electron chi connectivity index (χ2n) is 5.41. The van der Waals surface area contributed by atoms with Crippen LogP contribution in [0, 0.1) is 5.92 Å². The molecule has 1 amide bonds. The largest absolute Gasteiger partial charge is 0.396 e. The highest BCUT2D eigenvalue weighted by molar-refractivity contribution is 7.99. The lowest BCUT2D eigenvalue weighted by molar-refractivity contribution is -0.127. The normalized spacial score (nSPS) is 19.0. The first-order valence-corrected chi connectivity index (χ1v) is 8.01. The molecule has 1 N–H and O–H groups in total. The van der Waals surface area contributed by atoms with Gasteiger partial charge in [0.25, 0.3) is 0 Å². The van der Waals surface area contributed by atoms with Crippen molar-refractivity contribution in [2.24, 2.45) is 5.92 Å². The summed E-state index contributed by atoms with van der Waals surface area (Å²) < 4.78 is 1.97. The molecular formula is C13H22N4O2S. The van der Waals surface area contributed by atoms with E-state index < -0.39 is 0 Å². The maximum atomic E-state index is 12.2. The van der Waals surface area contributed by atoms with Crippen molar-refractivity contribution in [1.82, 2.24) is 19.7 Å². The molecule has 0 spiro atoms. The van der Waals surface area contributed by atoms with E-state index in [1.165, 1.54) is 11.8 Å². The van der Waals surface area contributed by atoms with Gasteiger partial charge >= 0.3 is 0 Å². The van der Waals surface area contributed by atoms with Gasteiger partial charge in [0.1, 0.15) is 6.33 Å². The number of aliphatic hydroxyl groups is 1. The van der Waals surface area contributed by atoms with Crippen molar-refractivity contribution in [2.75, 3.05) is 25.4 Å². The van der Waals surface area contributed by atoms with Gasteiger partial charge in [-0.3, -0.25) is 4.79 Å². The maximum Gasteiger partial charge on any atom is 0.233 e. The van der Waals surface area contributed by atoms with Gasteiger partial charge in [0.05, 0.1) is 5.75 Å². The van der Waals surface area contributed by atoms with Crippen LogP contribution in [-0.2, 0) is 4.79 Å². The number of aliphatic hydroxyl groups excluding tert-OH is 1. The summed E-state index contributed by atoms with van der Waals surface area (Å²) >= 11 is 1.44. The van der Waals surface area contributed by atoms with Crippen LogP contribution in [0.1, 0.15) is 32.7 Å². The average Bonchev–Trinajstić information content (AvgIpc) is 3.04. The van der Waals surface area contributed by atoms with Gasteiger partial charge in [-0.1, -0.05) is 11.8 Å². The Kier molecular flexibility index (Phi) is 5.42. The first kappa shape index (κ1) is 15.3. The Balaban J connectivity index is 1.82. The average molecular weight is 298 g/mol. The van der Waals surface area contributed by atoms with Crippen molar-refractivity contribution in [3.63, 3.8) is 0 Å². The fourth-order valence-electron chi connectivity index (χ4n) is 2.38. The van der Waals surface area contributed by atoms with Crippen LogP contribution in [0.4, 0.5) is 0 Å². The van der Waals surface area contributed by atoms with E-state index in [0.29, 0.717) is 17.7 Å². The first-order chi connectivity index (χ1) is 9.61. The van der Waals surface area contributed by atoms with E-state index in [4.69, 9.17) is 5.11 Å². The number of amides is 1. The number of thioether (sulfide) groups is 1. The second-order valence-corrected chi connectivity index (χ2v) is 6.35. The molecule has 1 saturated heterocycles. The van der Waals surface area contributed by atoms with Gasteiger partial charge in [-0.2, -0.15) is 0 Å². The van der Waals surface area contributed by atoms with Crippen LogP contribution in [0.5, 0.6) is 0 Å². The highest BCUT2D eigenvalue weighted by Gasteiger charge is 2.26. The topological polar surface area (TPSA) is 71.2 Å². The van der Waals surface area contributed by atoms with E-state index in [1.807, 2.05) is 9.47 Å². The number of hydrogen-bond donors (Lipinski definition) is 1. The number of likely N-dealkylation sites (tertiary alicyclic amines) is 1. The SMILES string of the molecule is CC(C)n1cnnc1SCC(=O)N1CCC(CCO)C1. The van der Waals surface area contributed by atoms with Gasteiger partial charge in [0.2, 0.25) is 5.91 Å². The van der Waals surface area contributed by atoms with E-state index >= 15 is 0 Å². The monoisotopic (exact) mass is 298 g/mol. The Labute approximate surface area is 123 Å². The van der Waals surface area contributed by atoms with Crippen molar-refractivity contribution < 1.29 is 9.90 Å². The molecule has 7 heteroatoms. The molecule has 0 saturated carbocycles. The minimum Gasteiger partial charge on any atom is -0.396 e. The molecular weight excluding hydrogens is 276 g/mol. The number of aromatic nitrogens is 3. The fourth-order valence-corrected chi connectivity index (χ4v) is 3.33. The molecule has 1 fully saturated rings. The van der Waals surface area contributed by atoms with Crippen LogP contribution >= 0.6 is 11.8 Å². The fraction of sp³-hybridized carbons (Fsp3) is 0.769. The molecule has 1 atom stereocenters. The summed E-state index contributed by atoms with van der Waals surface area (Å²) in [6, 6.07) is 0.295. The molecule has 1 aromatic heterocycles. The van der Waals surface area contributed by atoms with Gasteiger partial charge in [0.15, 0.2) is 5.16 Å². The summed E-state index contributed by atoms with van der Waals surface area (Å²) in [5.74, 6) is 0.999. The molecule has 1 aliphatic rings. The van der Waals surface area contributed by atoms with Gasteiger partial charge in [-0.25, -0.2) is 0 Å². The summed E-state index contributed by atoms with van der Waals surface area (Å²) in [6.45, 7) is 5.92. The third-order valence-electron chi connectivity index (χ3n) is 3.60. The van der Waals surface area contributed by atoms with E-state index in [0.717, 1.165) is 31.1 Å². The van der Waals surface area contributed by atoms with E-state index in [2.05, 4.69) is 24.0 Å². The van der Waals surface area contributed by atoms with E-state index in [9.17, 15) is 4.79 Å². The number of nitrogens with zero attached hydrogens (tertiary/aromatic N) is 4. The number of carbonyl (C=O) groups excluding carboxylic acids is 1. The Morgan fingerprint density at radius 2 is 2.40 bits per heavy atom. The molecule has 2 heterocycles. The lowest BCUT2D eigenvalue weighted by Crippen LogP contribution is -2.30. The predicted molar refractivity (Wildman–Crippen MR) is 77.5 cm³/mol. The molecule has 20 heavy (non-hydrogen) atoms. The zero-order valence-electron chi connectivity index (χ0n) is 12.0. The van der Waals surface area contributed by atoms with Crippen LogP contribution < -0.4 is 0 Å². The lowest BCUT2D eigenvalue weighted by Gasteiger charge is -2.16. The number of hydrogen-bond acceptors (Lipinski definition) is 5. The van der Waals surface area contributed by atoms with Crippen LogP contribution in [-0.4, -0.2) is 56.1 Å². The van der Waals surface area contributed by atoms with Crippen LogP contribution in [0.25, 0.3) is 0 Å².